The number of benzene rings is 2. The van der Waals surface area contributed by atoms with Crippen molar-refractivity contribution >= 4 is 58.2 Å². The number of carbonyl (C=O) groups excluding carboxylic acids is 3. The number of aromatic nitrogens is 2. The topological polar surface area (TPSA) is 107 Å². The van der Waals surface area contributed by atoms with Gasteiger partial charge in [0.15, 0.2) is 0 Å². The Kier molecular flexibility index (Phi) is 6.56. The first-order valence-electron chi connectivity index (χ1n) is 11.4. The number of pyridine rings is 1. The molecule has 9 heteroatoms. The fourth-order valence-electron chi connectivity index (χ4n) is 4.44. The molecular weight excluding hydrogens is 478 g/mol. The van der Waals surface area contributed by atoms with Crippen molar-refractivity contribution in [1.29, 1.82) is 0 Å². The minimum Gasteiger partial charge on any atom is -0.346 e. The van der Waals surface area contributed by atoms with Crippen LogP contribution in [0.1, 0.15) is 47.1 Å². The number of aromatic amines is 1. The zero-order valence-corrected chi connectivity index (χ0v) is 20.9. The van der Waals surface area contributed by atoms with Crippen LogP contribution in [-0.2, 0) is 10.2 Å². The van der Waals surface area contributed by atoms with Crippen molar-refractivity contribution in [2.24, 2.45) is 0 Å². The molecule has 0 unspecified atom stereocenters. The van der Waals surface area contributed by atoms with E-state index < -0.39 is 5.41 Å². The van der Waals surface area contributed by atoms with Gasteiger partial charge in [-0.05, 0) is 74.9 Å². The van der Waals surface area contributed by atoms with E-state index in [9.17, 15) is 14.4 Å². The molecule has 36 heavy (non-hydrogen) atoms. The first-order chi connectivity index (χ1) is 16.8. The molecule has 8 nitrogen and oxygen atoms in total. The largest absolute Gasteiger partial charge is 0.346 e. The van der Waals surface area contributed by atoms with Crippen LogP contribution in [0.5, 0.6) is 0 Å². The number of carbonyl (C=O) groups is 3. The van der Waals surface area contributed by atoms with Gasteiger partial charge >= 0.3 is 0 Å². The van der Waals surface area contributed by atoms with Crippen LogP contribution in [0.2, 0.25) is 0 Å². The van der Waals surface area contributed by atoms with E-state index in [0.717, 1.165) is 22.3 Å². The highest BCUT2D eigenvalue weighted by molar-refractivity contribution is 6.10. The van der Waals surface area contributed by atoms with Gasteiger partial charge in [-0.25, -0.2) is 4.98 Å². The summed E-state index contributed by atoms with van der Waals surface area (Å²) in [5, 5.41) is 6.60. The quantitative estimate of drug-likeness (QED) is 0.350. The Morgan fingerprint density at radius 3 is 2.36 bits per heavy atom. The number of fused-ring (bicyclic) bond motifs is 2. The molecule has 1 aliphatic rings. The molecule has 4 aromatic rings. The van der Waals surface area contributed by atoms with E-state index in [2.05, 4.69) is 20.6 Å². The summed E-state index contributed by atoms with van der Waals surface area (Å²) in [7, 11) is 0. The first-order valence-corrected chi connectivity index (χ1v) is 11.4. The Hall–Kier alpha value is -4.17. The van der Waals surface area contributed by atoms with Gasteiger partial charge in [-0.2, -0.15) is 0 Å². The maximum atomic E-state index is 13.0. The molecule has 0 aliphatic carbocycles. The maximum absolute atomic E-state index is 13.0. The summed E-state index contributed by atoms with van der Waals surface area (Å²) >= 11 is 0. The first kappa shape index (κ1) is 24.9. The molecule has 0 spiro atoms. The molecule has 0 radical (unpaired) electrons. The predicted molar refractivity (Wildman–Crippen MR) is 143 cm³/mol. The minimum absolute atomic E-state index is 0. The number of nitrogens with zero attached hydrogens (tertiary/aromatic N) is 2. The van der Waals surface area contributed by atoms with E-state index >= 15 is 0 Å². The Morgan fingerprint density at radius 1 is 0.972 bits per heavy atom. The van der Waals surface area contributed by atoms with Crippen molar-refractivity contribution in [3.8, 4) is 0 Å². The SMILES string of the molecule is CCN1C(=O)C(C)(C)c2cc(NC(=O)c3cccc(C(=O)Nc4cnc5[nH]ccc5c4)c3)ccc21.Cl. The molecular formula is C27H26ClN5O3. The van der Waals surface area contributed by atoms with Crippen LogP contribution in [0.25, 0.3) is 11.0 Å². The third kappa shape index (κ3) is 4.31. The molecule has 2 aromatic carbocycles. The molecule has 0 saturated heterocycles. The molecule has 0 bridgehead atoms. The monoisotopic (exact) mass is 503 g/mol. The third-order valence-electron chi connectivity index (χ3n) is 6.36. The van der Waals surface area contributed by atoms with Crippen molar-refractivity contribution in [1.82, 2.24) is 9.97 Å². The van der Waals surface area contributed by atoms with Crippen LogP contribution in [0.4, 0.5) is 17.1 Å². The zero-order valence-electron chi connectivity index (χ0n) is 20.1. The van der Waals surface area contributed by atoms with Crippen LogP contribution in [0, 0.1) is 0 Å². The van der Waals surface area contributed by atoms with Crippen LogP contribution >= 0.6 is 12.4 Å². The Balaban J connectivity index is 0.00000304. The normalized spacial score (nSPS) is 13.8. The zero-order chi connectivity index (χ0) is 24.7. The van der Waals surface area contributed by atoms with Crippen molar-refractivity contribution in [3.05, 3.63) is 83.7 Å². The Labute approximate surface area is 214 Å². The highest BCUT2D eigenvalue weighted by Gasteiger charge is 2.43. The van der Waals surface area contributed by atoms with E-state index in [1.54, 1.807) is 47.6 Å². The molecule has 3 N–H and O–H groups in total. The summed E-state index contributed by atoms with van der Waals surface area (Å²) in [4.78, 5) is 47.6. The molecule has 1 aliphatic heterocycles. The van der Waals surface area contributed by atoms with Gasteiger partial charge in [-0.3, -0.25) is 14.4 Å². The molecule has 0 saturated carbocycles. The van der Waals surface area contributed by atoms with E-state index in [1.807, 2.05) is 45.0 Å². The van der Waals surface area contributed by atoms with Gasteiger partial charge in [0.2, 0.25) is 5.91 Å². The van der Waals surface area contributed by atoms with Gasteiger partial charge < -0.3 is 20.5 Å². The lowest BCUT2D eigenvalue weighted by molar-refractivity contribution is -0.122. The summed E-state index contributed by atoms with van der Waals surface area (Å²) in [6, 6.07) is 15.7. The fraction of sp³-hybridized carbons (Fsp3) is 0.185. The lowest BCUT2D eigenvalue weighted by Gasteiger charge is -2.18. The molecule has 0 atom stereocenters. The van der Waals surface area contributed by atoms with Crippen molar-refractivity contribution in [3.63, 3.8) is 0 Å². The lowest BCUT2D eigenvalue weighted by Crippen LogP contribution is -2.35. The van der Waals surface area contributed by atoms with Gasteiger partial charge in [-0.15, -0.1) is 12.4 Å². The standard InChI is InChI=1S/C27H25N5O3.ClH/c1-4-32-22-9-8-19(14-21(22)27(2,3)26(32)35)30-24(33)17-6-5-7-18(12-17)25(34)31-20-13-16-10-11-28-23(16)29-15-20;/h5-15H,4H2,1-3H3,(H,28,29)(H,30,33)(H,31,34);1H. The molecule has 0 fully saturated rings. The van der Waals surface area contributed by atoms with Gasteiger partial charge in [0, 0.05) is 40.6 Å². The molecule has 3 heterocycles. The van der Waals surface area contributed by atoms with E-state index in [1.165, 1.54) is 0 Å². The number of anilines is 3. The average Bonchev–Trinajstić information content (AvgIpc) is 3.39. The van der Waals surface area contributed by atoms with E-state index in [4.69, 9.17) is 0 Å². The number of halogens is 1. The highest BCUT2D eigenvalue weighted by Crippen LogP contribution is 2.42. The number of nitrogens with one attached hydrogen (secondary N) is 3. The van der Waals surface area contributed by atoms with Gasteiger partial charge in [0.05, 0.1) is 17.3 Å². The second kappa shape index (κ2) is 9.47. The summed E-state index contributed by atoms with van der Waals surface area (Å²) in [6.45, 7) is 6.31. The smallest absolute Gasteiger partial charge is 0.255 e. The van der Waals surface area contributed by atoms with Gasteiger partial charge in [-0.1, -0.05) is 6.07 Å². The number of hydrogen-bond donors (Lipinski definition) is 3. The highest BCUT2D eigenvalue weighted by atomic mass is 35.5. The van der Waals surface area contributed by atoms with Crippen molar-refractivity contribution in [2.75, 3.05) is 22.1 Å². The number of H-pyrrole nitrogens is 1. The summed E-state index contributed by atoms with van der Waals surface area (Å²) < 4.78 is 0. The summed E-state index contributed by atoms with van der Waals surface area (Å²) in [6.07, 6.45) is 3.36. The van der Waals surface area contributed by atoms with Gasteiger partial charge in [0.1, 0.15) is 5.65 Å². The fourth-order valence-corrected chi connectivity index (χ4v) is 4.44. The number of likely N-dealkylation sites (N-methyl/N-ethyl adjacent to an activating group) is 1. The summed E-state index contributed by atoms with van der Waals surface area (Å²) in [5.74, 6) is -0.638. The van der Waals surface area contributed by atoms with Crippen molar-refractivity contribution < 1.29 is 14.4 Å². The third-order valence-corrected chi connectivity index (χ3v) is 6.36. The molecule has 3 amide bonds. The van der Waals surface area contributed by atoms with Gasteiger partial charge in [0.25, 0.3) is 11.8 Å². The lowest BCUT2D eigenvalue weighted by atomic mass is 9.86. The Morgan fingerprint density at radius 2 is 1.67 bits per heavy atom. The van der Waals surface area contributed by atoms with Crippen molar-refractivity contribution in [2.45, 2.75) is 26.2 Å². The second-order valence-corrected chi connectivity index (χ2v) is 9.03. The number of amides is 3. The summed E-state index contributed by atoms with van der Waals surface area (Å²) in [5.41, 5.74) is 3.68. The van der Waals surface area contributed by atoms with Crippen LogP contribution in [0.15, 0.2) is 67.0 Å². The minimum atomic E-state index is -0.664. The average molecular weight is 504 g/mol. The Bertz CT molecular complexity index is 1490. The number of hydrogen-bond acceptors (Lipinski definition) is 4. The van der Waals surface area contributed by atoms with E-state index in [0.29, 0.717) is 29.0 Å². The molecule has 184 valence electrons. The van der Waals surface area contributed by atoms with E-state index in [-0.39, 0.29) is 30.1 Å². The molecule has 5 rings (SSSR count). The maximum Gasteiger partial charge on any atom is 0.255 e. The van der Waals surface area contributed by atoms with Crippen LogP contribution < -0.4 is 15.5 Å². The van der Waals surface area contributed by atoms with Crippen LogP contribution in [0.3, 0.4) is 0 Å². The van der Waals surface area contributed by atoms with Crippen LogP contribution in [-0.4, -0.2) is 34.2 Å². The molecule has 2 aromatic heterocycles. The predicted octanol–water partition coefficient (Wildman–Crippen LogP) is 5.13. The number of rotatable bonds is 5. The second-order valence-electron chi connectivity index (χ2n) is 9.03.